The quantitative estimate of drug-likeness (QED) is 0.314. The van der Waals surface area contributed by atoms with E-state index in [-0.39, 0.29) is 11.8 Å². The summed E-state index contributed by atoms with van der Waals surface area (Å²) in [6, 6.07) is 1.94. The zero-order chi connectivity index (χ0) is 19.2. The molecule has 1 atom stereocenters. The summed E-state index contributed by atoms with van der Waals surface area (Å²) in [5.41, 5.74) is 6.11. The molecule has 2 rings (SSSR count). The van der Waals surface area contributed by atoms with E-state index in [0.717, 1.165) is 43.4 Å². The molecule has 0 radical (unpaired) electrons. The summed E-state index contributed by atoms with van der Waals surface area (Å²) in [7, 11) is 0. The zero-order valence-corrected chi connectivity index (χ0v) is 16.9. The first kappa shape index (κ1) is 21.4. The summed E-state index contributed by atoms with van der Waals surface area (Å²) < 4.78 is 0. The molecule has 1 aliphatic heterocycles. The Bertz CT molecular complexity index is 657. The molecule has 0 fully saturated rings. The predicted molar refractivity (Wildman–Crippen MR) is 114 cm³/mol. The topological polar surface area (TPSA) is 82.9 Å². The third-order valence-corrected chi connectivity index (χ3v) is 5.55. The standard InChI is InChI=1S/C19H26N4O2S2/c24-18(22-20-12-16-8-10-26-14-16)6-4-2-1-3-5-7-19(25)23-21-13-17-9-11-27-15-17/h8-14,17H,1-7,15H2,(H,22,24)(H,23,25)/b20-12-,21-13-. The molecule has 6 nitrogen and oxygen atoms in total. The molecular formula is C19H26N4O2S2. The highest BCUT2D eigenvalue weighted by Gasteiger charge is 2.06. The molecule has 2 heterocycles. The number of thioether (sulfide) groups is 1. The van der Waals surface area contributed by atoms with E-state index in [4.69, 9.17) is 0 Å². The molecule has 0 spiro atoms. The van der Waals surface area contributed by atoms with Gasteiger partial charge in [0.25, 0.3) is 0 Å². The number of allylic oxidation sites excluding steroid dienone is 1. The number of thiophene rings is 1. The van der Waals surface area contributed by atoms with E-state index in [1.807, 2.05) is 16.8 Å². The normalized spacial score (nSPS) is 16.4. The van der Waals surface area contributed by atoms with Gasteiger partial charge in [0.1, 0.15) is 0 Å². The van der Waals surface area contributed by atoms with Gasteiger partial charge in [0.2, 0.25) is 11.8 Å². The number of nitrogens with one attached hydrogen (secondary N) is 2. The van der Waals surface area contributed by atoms with Crippen LogP contribution in [0.1, 0.15) is 50.5 Å². The van der Waals surface area contributed by atoms with Gasteiger partial charge in [0, 0.05) is 36.3 Å². The zero-order valence-electron chi connectivity index (χ0n) is 15.3. The van der Waals surface area contributed by atoms with Crippen molar-refractivity contribution in [1.29, 1.82) is 0 Å². The Kier molecular flexibility index (Phi) is 10.5. The lowest BCUT2D eigenvalue weighted by atomic mass is 10.1. The average Bonchev–Trinajstić information content (AvgIpc) is 3.35. The smallest absolute Gasteiger partial charge is 0.240 e. The van der Waals surface area contributed by atoms with E-state index in [0.29, 0.717) is 18.8 Å². The van der Waals surface area contributed by atoms with Gasteiger partial charge in [0.15, 0.2) is 0 Å². The second kappa shape index (κ2) is 13.3. The molecule has 0 saturated heterocycles. The van der Waals surface area contributed by atoms with Crippen LogP contribution in [0.3, 0.4) is 0 Å². The monoisotopic (exact) mass is 406 g/mol. The van der Waals surface area contributed by atoms with Crippen LogP contribution < -0.4 is 10.9 Å². The predicted octanol–water partition coefficient (Wildman–Crippen LogP) is 3.91. The number of nitrogens with zero attached hydrogens (tertiary/aromatic N) is 2. The Morgan fingerprint density at radius 2 is 1.78 bits per heavy atom. The average molecular weight is 407 g/mol. The fourth-order valence-electron chi connectivity index (χ4n) is 2.42. The van der Waals surface area contributed by atoms with E-state index in [9.17, 15) is 9.59 Å². The molecule has 1 unspecified atom stereocenters. The molecule has 27 heavy (non-hydrogen) atoms. The first-order chi connectivity index (χ1) is 13.2. The van der Waals surface area contributed by atoms with Crippen molar-refractivity contribution in [2.45, 2.75) is 44.9 Å². The van der Waals surface area contributed by atoms with Crippen LogP contribution >= 0.6 is 23.1 Å². The number of hydrogen-bond donors (Lipinski definition) is 2. The highest BCUT2D eigenvalue weighted by Crippen LogP contribution is 2.18. The lowest BCUT2D eigenvalue weighted by molar-refractivity contribution is -0.121. The third kappa shape index (κ3) is 10.1. The molecule has 8 heteroatoms. The second-order valence-corrected chi connectivity index (χ2v) is 7.98. The minimum absolute atomic E-state index is 0.0382. The Morgan fingerprint density at radius 1 is 1.07 bits per heavy atom. The molecular weight excluding hydrogens is 380 g/mol. The molecule has 0 aromatic carbocycles. The summed E-state index contributed by atoms with van der Waals surface area (Å²) in [6.07, 6.45) is 11.1. The van der Waals surface area contributed by atoms with Crippen molar-refractivity contribution in [3.05, 3.63) is 33.9 Å². The highest BCUT2D eigenvalue weighted by atomic mass is 32.2. The fourth-order valence-corrected chi connectivity index (χ4v) is 3.87. The van der Waals surface area contributed by atoms with Crippen molar-refractivity contribution in [1.82, 2.24) is 10.9 Å². The number of carbonyl (C=O) groups excluding carboxylic acids is 2. The Balaban J connectivity index is 1.40. The number of carbonyl (C=O) groups is 2. The van der Waals surface area contributed by atoms with Crippen LogP contribution in [0.25, 0.3) is 0 Å². The minimum atomic E-state index is -0.0609. The summed E-state index contributed by atoms with van der Waals surface area (Å²) in [5, 5.41) is 13.9. The minimum Gasteiger partial charge on any atom is -0.273 e. The van der Waals surface area contributed by atoms with E-state index < -0.39 is 0 Å². The first-order valence-corrected chi connectivity index (χ1v) is 11.2. The molecule has 1 aromatic rings. The van der Waals surface area contributed by atoms with Gasteiger partial charge in [-0.25, -0.2) is 10.9 Å². The van der Waals surface area contributed by atoms with Crippen LogP contribution in [0.5, 0.6) is 0 Å². The number of hydrogen-bond acceptors (Lipinski definition) is 6. The fraction of sp³-hybridized carbons (Fsp3) is 0.474. The lowest BCUT2D eigenvalue weighted by Crippen LogP contribution is -2.18. The lowest BCUT2D eigenvalue weighted by Gasteiger charge is -2.02. The van der Waals surface area contributed by atoms with Crippen LogP contribution in [0.2, 0.25) is 0 Å². The summed E-state index contributed by atoms with van der Waals surface area (Å²) >= 11 is 3.35. The van der Waals surface area contributed by atoms with Gasteiger partial charge in [-0.3, -0.25) is 9.59 Å². The number of unbranched alkanes of at least 4 members (excludes halogenated alkanes) is 4. The van der Waals surface area contributed by atoms with Gasteiger partial charge >= 0.3 is 0 Å². The van der Waals surface area contributed by atoms with Gasteiger partial charge in [-0.2, -0.15) is 21.5 Å². The second-order valence-electron chi connectivity index (χ2n) is 6.26. The number of amides is 2. The molecule has 0 saturated carbocycles. The molecule has 2 N–H and O–H groups in total. The van der Waals surface area contributed by atoms with Crippen LogP contribution in [0.4, 0.5) is 0 Å². The molecule has 0 bridgehead atoms. The van der Waals surface area contributed by atoms with Crippen molar-refractivity contribution in [2.24, 2.45) is 16.1 Å². The summed E-state index contributed by atoms with van der Waals surface area (Å²) in [6.45, 7) is 0. The van der Waals surface area contributed by atoms with Gasteiger partial charge in [0.05, 0.1) is 6.21 Å². The summed E-state index contributed by atoms with van der Waals surface area (Å²) in [5.74, 6) is 1.23. The number of rotatable bonds is 12. The maximum absolute atomic E-state index is 11.7. The number of hydrazone groups is 2. The molecule has 146 valence electrons. The SMILES string of the molecule is O=C(CCCCCCCC(=O)N/N=C\C1C=CSC1)N/N=C\c1ccsc1. The van der Waals surface area contributed by atoms with E-state index in [2.05, 4.69) is 32.5 Å². The van der Waals surface area contributed by atoms with Crippen molar-refractivity contribution in [3.8, 4) is 0 Å². The van der Waals surface area contributed by atoms with Gasteiger partial charge in [-0.15, -0.1) is 11.8 Å². The molecule has 1 aromatic heterocycles. The van der Waals surface area contributed by atoms with Crippen LogP contribution in [0.15, 0.2) is 38.5 Å². The van der Waals surface area contributed by atoms with Crippen LogP contribution in [0, 0.1) is 5.92 Å². The van der Waals surface area contributed by atoms with Crippen molar-refractivity contribution in [3.63, 3.8) is 0 Å². The van der Waals surface area contributed by atoms with Gasteiger partial charge in [-0.05, 0) is 35.1 Å². The van der Waals surface area contributed by atoms with E-state index >= 15 is 0 Å². The maximum atomic E-state index is 11.7. The van der Waals surface area contributed by atoms with Crippen LogP contribution in [-0.4, -0.2) is 30.0 Å². The Labute approximate surface area is 168 Å². The maximum Gasteiger partial charge on any atom is 0.240 e. The largest absolute Gasteiger partial charge is 0.273 e. The summed E-state index contributed by atoms with van der Waals surface area (Å²) in [4.78, 5) is 23.3. The van der Waals surface area contributed by atoms with E-state index in [1.54, 1.807) is 35.5 Å². The molecule has 2 amide bonds. The Morgan fingerprint density at radius 3 is 2.41 bits per heavy atom. The molecule has 1 aliphatic rings. The van der Waals surface area contributed by atoms with Gasteiger partial charge in [-0.1, -0.05) is 25.3 Å². The highest BCUT2D eigenvalue weighted by molar-refractivity contribution is 8.02. The first-order valence-electron chi connectivity index (χ1n) is 9.18. The van der Waals surface area contributed by atoms with Crippen molar-refractivity contribution < 1.29 is 9.59 Å². The Hall–Kier alpha value is -1.93. The third-order valence-electron chi connectivity index (χ3n) is 3.92. The van der Waals surface area contributed by atoms with Crippen LogP contribution in [-0.2, 0) is 9.59 Å². The van der Waals surface area contributed by atoms with Crippen molar-refractivity contribution >= 4 is 47.3 Å². The molecule has 0 aliphatic carbocycles. The van der Waals surface area contributed by atoms with E-state index in [1.165, 1.54) is 0 Å². The van der Waals surface area contributed by atoms with Crippen molar-refractivity contribution in [2.75, 3.05) is 5.75 Å². The van der Waals surface area contributed by atoms with Gasteiger partial charge < -0.3 is 0 Å².